The summed E-state index contributed by atoms with van der Waals surface area (Å²) in [6, 6.07) is 5.93. The molecule has 14 heavy (non-hydrogen) atoms. The van der Waals surface area contributed by atoms with Crippen LogP contribution in [0.1, 0.15) is 0 Å². The summed E-state index contributed by atoms with van der Waals surface area (Å²) in [4.78, 5) is 4.41. The first-order valence-corrected chi connectivity index (χ1v) is 6.87. The first-order chi connectivity index (χ1) is 6.61. The van der Waals surface area contributed by atoms with Crippen LogP contribution in [0.15, 0.2) is 36.2 Å². The van der Waals surface area contributed by atoms with E-state index >= 15 is 0 Å². The van der Waals surface area contributed by atoms with Crippen LogP contribution in [0, 0.1) is 0 Å². The summed E-state index contributed by atoms with van der Waals surface area (Å²) in [6.45, 7) is 0. The molecule has 0 N–H and O–H groups in total. The Balaban J connectivity index is 2.99. The summed E-state index contributed by atoms with van der Waals surface area (Å²) < 4.78 is 3.76. The van der Waals surface area contributed by atoms with Crippen molar-refractivity contribution in [3.05, 3.63) is 36.2 Å². The van der Waals surface area contributed by atoms with Crippen LogP contribution in [-0.2, 0) is 0 Å². The fourth-order valence-corrected chi connectivity index (χ4v) is 3.55. The van der Waals surface area contributed by atoms with Gasteiger partial charge in [-0.3, -0.25) is 0 Å². The van der Waals surface area contributed by atoms with Crippen molar-refractivity contribution in [1.29, 1.82) is 0 Å². The molecular formula is C9H3Br4N. The Morgan fingerprint density at radius 2 is 1.64 bits per heavy atom. The van der Waals surface area contributed by atoms with Crippen molar-refractivity contribution in [2.24, 2.45) is 0 Å². The first kappa shape index (κ1) is 11.0. The maximum Gasteiger partial charge on any atom is 0.122 e. The van der Waals surface area contributed by atoms with Gasteiger partial charge in [0.2, 0.25) is 0 Å². The molecule has 1 aromatic carbocycles. The van der Waals surface area contributed by atoms with Gasteiger partial charge in [-0.15, -0.1) is 0 Å². The summed E-state index contributed by atoms with van der Waals surface area (Å²) in [6.07, 6.45) is 0. The van der Waals surface area contributed by atoms with Crippen LogP contribution in [0.4, 0.5) is 0 Å². The second-order valence-corrected chi connectivity index (χ2v) is 5.86. The lowest BCUT2D eigenvalue weighted by molar-refractivity contribution is 1.31. The van der Waals surface area contributed by atoms with E-state index in [-0.39, 0.29) is 0 Å². The molecule has 1 heterocycles. The zero-order chi connectivity index (χ0) is 10.3. The Morgan fingerprint density at radius 1 is 0.929 bits per heavy atom. The number of aromatic nitrogens is 1. The van der Waals surface area contributed by atoms with Crippen LogP contribution in [-0.4, -0.2) is 4.98 Å². The van der Waals surface area contributed by atoms with Crippen molar-refractivity contribution in [2.45, 2.75) is 0 Å². The number of hydrogen-bond acceptors (Lipinski definition) is 1. The molecule has 2 aromatic rings. The second-order valence-electron chi connectivity index (χ2n) is 2.66. The summed E-state index contributed by atoms with van der Waals surface area (Å²) in [7, 11) is 0. The largest absolute Gasteiger partial charge is 0.240 e. The third-order valence-electron chi connectivity index (χ3n) is 1.80. The van der Waals surface area contributed by atoms with E-state index in [1.165, 1.54) is 0 Å². The number of pyridine rings is 1. The Labute approximate surface area is 115 Å². The van der Waals surface area contributed by atoms with Gasteiger partial charge in [0.15, 0.2) is 0 Å². The van der Waals surface area contributed by atoms with Gasteiger partial charge in [-0.1, -0.05) is 22.0 Å². The quantitative estimate of drug-likeness (QED) is 0.504. The van der Waals surface area contributed by atoms with Crippen molar-refractivity contribution in [1.82, 2.24) is 4.98 Å². The number of rotatable bonds is 0. The Bertz CT molecular complexity index is 510. The molecule has 0 saturated heterocycles. The molecule has 0 saturated carbocycles. The fraction of sp³-hybridized carbons (Fsp3) is 0. The number of fused-ring (bicyclic) bond motifs is 1. The lowest BCUT2D eigenvalue weighted by Gasteiger charge is -2.06. The molecule has 0 aliphatic rings. The highest BCUT2D eigenvalue weighted by atomic mass is 79.9. The van der Waals surface area contributed by atoms with Gasteiger partial charge in [0.1, 0.15) is 4.60 Å². The van der Waals surface area contributed by atoms with Crippen LogP contribution >= 0.6 is 63.7 Å². The van der Waals surface area contributed by atoms with Crippen LogP contribution in [0.3, 0.4) is 0 Å². The third kappa shape index (κ3) is 1.79. The van der Waals surface area contributed by atoms with Gasteiger partial charge in [0, 0.05) is 14.3 Å². The third-order valence-corrected chi connectivity index (χ3v) is 5.67. The van der Waals surface area contributed by atoms with Gasteiger partial charge in [-0.2, -0.15) is 0 Å². The summed E-state index contributed by atoms with van der Waals surface area (Å²) in [5.74, 6) is 0. The number of nitrogens with zero attached hydrogens (tertiary/aromatic N) is 1. The second kappa shape index (κ2) is 4.20. The van der Waals surface area contributed by atoms with Crippen molar-refractivity contribution in [3.8, 4) is 0 Å². The molecule has 72 valence electrons. The minimum atomic E-state index is 0.801. The van der Waals surface area contributed by atoms with E-state index in [2.05, 4.69) is 68.7 Å². The molecule has 0 amide bonds. The van der Waals surface area contributed by atoms with Gasteiger partial charge in [0.25, 0.3) is 0 Å². The predicted molar refractivity (Wildman–Crippen MR) is 72.5 cm³/mol. The highest BCUT2D eigenvalue weighted by Crippen LogP contribution is 2.38. The van der Waals surface area contributed by atoms with E-state index in [9.17, 15) is 0 Å². The van der Waals surface area contributed by atoms with E-state index in [4.69, 9.17) is 0 Å². The Kier molecular flexibility index (Phi) is 3.31. The lowest BCUT2D eigenvalue weighted by Crippen LogP contribution is -1.85. The van der Waals surface area contributed by atoms with E-state index in [1.54, 1.807) is 0 Å². The molecule has 0 bridgehead atoms. The molecule has 0 fully saturated rings. The highest BCUT2D eigenvalue weighted by molar-refractivity contribution is 9.14. The molecule has 0 aliphatic heterocycles. The van der Waals surface area contributed by atoms with Crippen molar-refractivity contribution in [3.63, 3.8) is 0 Å². The summed E-state index contributed by atoms with van der Waals surface area (Å²) >= 11 is 13.9. The molecule has 0 aliphatic carbocycles. The van der Waals surface area contributed by atoms with E-state index in [0.29, 0.717) is 0 Å². The lowest BCUT2D eigenvalue weighted by atomic mass is 10.2. The normalized spacial score (nSPS) is 10.9. The topological polar surface area (TPSA) is 12.9 Å². The number of benzene rings is 1. The smallest absolute Gasteiger partial charge is 0.122 e. The average Bonchev–Trinajstić information content (AvgIpc) is 2.14. The number of hydrogen-bond donors (Lipinski definition) is 0. The highest BCUT2D eigenvalue weighted by Gasteiger charge is 2.10. The molecular weight excluding hydrogens is 442 g/mol. The SMILES string of the molecule is Brc1nc2cccc(Br)c2c(Br)c1Br. The fourth-order valence-electron chi connectivity index (χ4n) is 1.18. The van der Waals surface area contributed by atoms with Crippen LogP contribution < -0.4 is 0 Å². The molecule has 0 atom stereocenters. The van der Waals surface area contributed by atoms with Gasteiger partial charge in [0.05, 0.1) is 9.99 Å². The maximum atomic E-state index is 4.41. The first-order valence-electron chi connectivity index (χ1n) is 3.70. The molecule has 1 nitrogen and oxygen atoms in total. The van der Waals surface area contributed by atoms with Crippen molar-refractivity contribution >= 4 is 74.6 Å². The van der Waals surface area contributed by atoms with Gasteiger partial charge >= 0.3 is 0 Å². The minimum Gasteiger partial charge on any atom is -0.240 e. The van der Waals surface area contributed by atoms with E-state index in [1.807, 2.05) is 18.2 Å². The van der Waals surface area contributed by atoms with E-state index in [0.717, 1.165) is 28.9 Å². The standard InChI is InChI=1S/C9H3Br4N/c10-4-2-1-3-5-6(4)7(11)8(12)9(13)14-5/h1-3H. The van der Waals surface area contributed by atoms with Gasteiger partial charge in [-0.25, -0.2) is 4.98 Å². The number of halogens is 4. The van der Waals surface area contributed by atoms with Crippen LogP contribution in [0.25, 0.3) is 10.9 Å². The zero-order valence-corrected chi connectivity index (χ0v) is 13.0. The zero-order valence-electron chi connectivity index (χ0n) is 6.69. The molecule has 5 heteroatoms. The molecule has 2 rings (SSSR count). The Morgan fingerprint density at radius 3 is 2.36 bits per heavy atom. The van der Waals surface area contributed by atoms with Crippen LogP contribution in [0.2, 0.25) is 0 Å². The monoisotopic (exact) mass is 441 g/mol. The molecule has 0 radical (unpaired) electrons. The van der Waals surface area contributed by atoms with Gasteiger partial charge < -0.3 is 0 Å². The maximum absolute atomic E-state index is 4.41. The van der Waals surface area contributed by atoms with Crippen molar-refractivity contribution in [2.75, 3.05) is 0 Å². The average molecular weight is 445 g/mol. The Hall–Kier alpha value is 0.550. The summed E-state index contributed by atoms with van der Waals surface area (Å²) in [5, 5.41) is 1.07. The molecule has 1 aromatic heterocycles. The van der Waals surface area contributed by atoms with Crippen LogP contribution in [0.5, 0.6) is 0 Å². The van der Waals surface area contributed by atoms with Crippen molar-refractivity contribution < 1.29 is 0 Å². The predicted octanol–water partition coefficient (Wildman–Crippen LogP) is 5.28. The minimum absolute atomic E-state index is 0.801. The summed E-state index contributed by atoms with van der Waals surface area (Å²) in [5.41, 5.74) is 0.946. The molecule has 0 spiro atoms. The van der Waals surface area contributed by atoms with E-state index < -0.39 is 0 Å². The molecule has 0 unspecified atom stereocenters. The van der Waals surface area contributed by atoms with Gasteiger partial charge in [-0.05, 0) is 59.9 Å².